The van der Waals surface area contributed by atoms with Gasteiger partial charge in [-0.15, -0.1) is 0 Å². The van der Waals surface area contributed by atoms with Crippen LogP contribution < -0.4 is 9.47 Å². The zero-order valence-electron chi connectivity index (χ0n) is 10.6. The van der Waals surface area contributed by atoms with Gasteiger partial charge >= 0.3 is 0 Å². The summed E-state index contributed by atoms with van der Waals surface area (Å²) in [5.41, 5.74) is 1.49. The van der Waals surface area contributed by atoms with Gasteiger partial charge in [0.15, 0.2) is 11.5 Å². The maximum Gasteiger partial charge on any atom is 0.235 e. The SMILES string of the molecule is COc1cc(C=C[N+](=O)[O-])cc2c1OC(C)(C)C2. The van der Waals surface area contributed by atoms with Crippen LogP contribution in [0.4, 0.5) is 0 Å². The Morgan fingerprint density at radius 2 is 2.22 bits per heavy atom. The second-order valence-electron chi connectivity index (χ2n) is 4.85. The van der Waals surface area contributed by atoms with Crippen LogP contribution in [0, 0.1) is 10.1 Å². The Morgan fingerprint density at radius 1 is 1.50 bits per heavy atom. The van der Waals surface area contributed by atoms with E-state index in [0.29, 0.717) is 5.75 Å². The fourth-order valence-corrected chi connectivity index (χ4v) is 2.10. The molecule has 0 saturated heterocycles. The number of rotatable bonds is 3. The van der Waals surface area contributed by atoms with Crippen LogP contribution >= 0.6 is 0 Å². The molecule has 5 heteroatoms. The predicted molar refractivity (Wildman–Crippen MR) is 67.4 cm³/mol. The van der Waals surface area contributed by atoms with Crippen molar-refractivity contribution in [2.45, 2.75) is 25.9 Å². The van der Waals surface area contributed by atoms with Crippen LogP contribution in [0.15, 0.2) is 18.3 Å². The summed E-state index contributed by atoms with van der Waals surface area (Å²) >= 11 is 0. The number of hydrogen-bond acceptors (Lipinski definition) is 4. The summed E-state index contributed by atoms with van der Waals surface area (Å²) in [6, 6.07) is 3.63. The Balaban J connectivity index is 2.41. The number of benzene rings is 1. The van der Waals surface area contributed by atoms with Gasteiger partial charge in [0, 0.05) is 18.1 Å². The molecule has 1 aliphatic heterocycles. The van der Waals surface area contributed by atoms with Crippen molar-refractivity contribution in [3.05, 3.63) is 39.6 Å². The second kappa shape index (κ2) is 4.33. The summed E-state index contributed by atoms with van der Waals surface area (Å²) in [7, 11) is 1.56. The molecule has 0 fully saturated rings. The van der Waals surface area contributed by atoms with E-state index in [0.717, 1.165) is 29.5 Å². The highest BCUT2D eigenvalue weighted by molar-refractivity contribution is 5.60. The first-order valence-corrected chi connectivity index (χ1v) is 5.63. The van der Waals surface area contributed by atoms with E-state index in [9.17, 15) is 10.1 Å². The van der Waals surface area contributed by atoms with E-state index in [4.69, 9.17) is 9.47 Å². The van der Waals surface area contributed by atoms with Crippen LogP contribution in [-0.2, 0) is 6.42 Å². The van der Waals surface area contributed by atoms with Crippen LogP contribution in [0.1, 0.15) is 25.0 Å². The van der Waals surface area contributed by atoms with Gasteiger partial charge in [0.05, 0.1) is 12.0 Å². The molecule has 2 rings (SSSR count). The average Bonchev–Trinajstić information content (AvgIpc) is 2.59. The Hall–Kier alpha value is -2.04. The molecule has 5 nitrogen and oxygen atoms in total. The summed E-state index contributed by atoms with van der Waals surface area (Å²) in [6.45, 7) is 4.00. The highest BCUT2D eigenvalue weighted by atomic mass is 16.6. The summed E-state index contributed by atoms with van der Waals surface area (Å²) in [6.07, 6.45) is 3.13. The topological polar surface area (TPSA) is 61.6 Å². The predicted octanol–water partition coefficient (Wildman–Crippen LogP) is 2.66. The van der Waals surface area contributed by atoms with E-state index >= 15 is 0 Å². The molecule has 1 aliphatic rings. The van der Waals surface area contributed by atoms with Gasteiger partial charge in [-0.05, 0) is 31.5 Å². The van der Waals surface area contributed by atoms with Crippen molar-refractivity contribution in [3.63, 3.8) is 0 Å². The number of ether oxygens (including phenoxy) is 2. The Kier molecular flexibility index (Phi) is 2.98. The molecule has 1 aromatic rings. The van der Waals surface area contributed by atoms with Gasteiger partial charge in [-0.2, -0.15) is 0 Å². The van der Waals surface area contributed by atoms with E-state index in [-0.39, 0.29) is 5.60 Å². The number of hydrogen-bond donors (Lipinski definition) is 0. The average molecular weight is 249 g/mol. The molecular weight excluding hydrogens is 234 g/mol. The van der Waals surface area contributed by atoms with Crippen molar-refractivity contribution in [1.29, 1.82) is 0 Å². The summed E-state index contributed by atoms with van der Waals surface area (Å²) in [5.74, 6) is 1.35. The van der Waals surface area contributed by atoms with Gasteiger partial charge in [-0.1, -0.05) is 0 Å². The lowest BCUT2D eigenvalue weighted by molar-refractivity contribution is -0.400. The molecule has 0 aliphatic carbocycles. The van der Waals surface area contributed by atoms with E-state index in [2.05, 4.69) is 0 Å². The molecule has 1 heterocycles. The number of methoxy groups -OCH3 is 1. The molecule has 0 radical (unpaired) electrons. The van der Waals surface area contributed by atoms with Crippen LogP contribution in [0.2, 0.25) is 0 Å². The summed E-state index contributed by atoms with van der Waals surface area (Å²) in [5, 5.41) is 10.3. The molecule has 18 heavy (non-hydrogen) atoms. The summed E-state index contributed by atoms with van der Waals surface area (Å²) < 4.78 is 11.1. The second-order valence-corrected chi connectivity index (χ2v) is 4.85. The van der Waals surface area contributed by atoms with Crippen molar-refractivity contribution < 1.29 is 14.4 Å². The molecule has 0 bridgehead atoms. The Labute approximate surface area is 105 Å². The van der Waals surface area contributed by atoms with E-state index < -0.39 is 4.92 Å². The molecule has 1 aromatic carbocycles. The number of nitrogens with zero attached hydrogens (tertiary/aromatic N) is 1. The monoisotopic (exact) mass is 249 g/mol. The lowest BCUT2D eigenvalue weighted by atomic mass is 10.00. The molecule has 0 amide bonds. The first kappa shape index (κ1) is 12.4. The van der Waals surface area contributed by atoms with E-state index in [1.165, 1.54) is 6.08 Å². The number of nitro groups is 1. The van der Waals surface area contributed by atoms with Crippen LogP contribution in [-0.4, -0.2) is 17.6 Å². The quantitative estimate of drug-likeness (QED) is 0.610. The number of fused-ring (bicyclic) bond motifs is 1. The first-order valence-electron chi connectivity index (χ1n) is 5.63. The molecular formula is C13H15NO4. The minimum absolute atomic E-state index is 0.263. The van der Waals surface area contributed by atoms with Crippen LogP contribution in [0.5, 0.6) is 11.5 Å². The van der Waals surface area contributed by atoms with Crippen molar-refractivity contribution in [1.82, 2.24) is 0 Å². The van der Waals surface area contributed by atoms with E-state index in [1.807, 2.05) is 19.9 Å². The molecule has 0 atom stereocenters. The normalized spacial score (nSPS) is 16.4. The van der Waals surface area contributed by atoms with Crippen molar-refractivity contribution in [3.8, 4) is 11.5 Å². The third-order valence-electron chi connectivity index (χ3n) is 2.76. The van der Waals surface area contributed by atoms with Gasteiger partial charge in [0.2, 0.25) is 6.20 Å². The lowest BCUT2D eigenvalue weighted by Crippen LogP contribution is -2.24. The first-order chi connectivity index (χ1) is 8.41. The smallest absolute Gasteiger partial charge is 0.235 e. The fourth-order valence-electron chi connectivity index (χ4n) is 2.10. The highest BCUT2D eigenvalue weighted by Crippen LogP contribution is 2.42. The van der Waals surface area contributed by atoms with Gasteiger partial charge in [0.1, 0.15) is 5.60 Å². The van der Waals surface area contributed by atoms with E-state index in [1.54, 1.807) is 13.2 Å². The highest BCUT2D eigenvalue weighted by Gasteiger charge is 2.32. The fraction of sp³-hybridized carbons (Fsp3) is 0.385. The van der Waals surface area contributed by atoms with Crippen LogP contribution in [0.3, 0.4) is 0 Å². The zero-order chi connectivity index (χ0) is 13.3. The van der Waals surface area contributed by atoms with Gasteiger partial charge in [-0.25, -0.2) is 0 Å². The van der Waals surface area contributed by atoms with Crippen LogP contribution in [0.25, 0.3) is 6.08 Å². The molecule has 0 N–H and O–H groups in total. The van der Waals surface area contributed by atoms with Gasteiger partial charge in [-0.3, -0.25) is 10.1 Å². The Bertz CT molecular complexity index is 520. The standard InChI is InChI=1S/C13H15NO4/c1-13(2)8-10-6-9(4-5-14(15)16)7-11(17-3)12(10)18-13/h4-7H,8H2,1-3H3. The van der Waals surface area contributed by atoms with Crippen molar-refractivity contribution in [2.24, 2.45) is 0 Å². The largest absolute Gasteiger partial charge is 0.493 e. The minimum Gasteiger partial charge on any atom is -0.493 e. The van der Waals surface area contributed by atoms with Crippen molar-refractivity contribution in [2.75, 3.05) is 7.11 Å². The van der Waals surface area contributed by atoms with Gasteiger partial charge in [0.25, 0.3) is 0 Å². The maximum atomic E-state index is 10.3. The zero-order valence-corrected chi connectivity index (χ0v) is 10.6. The molecule has 0 saturated carbocycles. The molecule has 0 spiro atoms. The van der Waals surface area contributed by atoms with Crippen molar-refractivity contribution >= 4 is 6.08 Å². The third-order valence-corrected chi connectivity index (χ3v) is 2.76. The molecule has 0 unspecified atom stereocenters. The molecule has 96 valence electrons. The van der Waals surface area contributed by atoms with Gasteiger partial charge < -0.3 is 9.47 Å². The minimum atomic E-state index is -0.486. The maximum absolute atomic E-state index is 10.3. The third kappa shape index (κ3) is 2.45. The molecule has 0 aromatic heterocycles. The summed E-state index contributed by atoms with van der Waals surface area (Å²) in [4.78, 5) is 9.84. The lowest BCUT2D eigenvalue weighted by Gasteiger charge is -2.17. The Morgan fingerprint density at radius 3 is 2.83 bits per heavy atom.